The topological polar surface area (TPSA) is 55.8 Å². The summed E-state index contributed by atoms with van der Waals surface area (Å²) in [5.41, 5.74) is 2.50. The zero-order valence-electron chi connectivity index (χ0n) is 17.4. The van der Waals surface area contributed by atoms with E-state index in [4.69, 9.17) is 9.47 Å². The van der Waals surface area contributed by atoms with Gasteiger partial charge >= 0.3 is 0 Å². The van der Waals surface area contributed by atoms with Gasteiger partial charge in [0.25, 0.3) is 5.91 Å². The number of Topliss-reactive ketones (excluding diaryl/α,β-unsaturated/α-hetero) is 1. The number of anilines is 1. The number of hydrogen-bond donors (Lipinski definition) is 0. The summed E-state index contributed by atoms with van der Waals surface area (Å²) in [7, 11) is 1.51. The van der Waals surface area contributed by atoms with E-state index >= 15 is 0 Å². The van der Waals surface area contributed by atoms with Crippen LogP contribution in [0.1, 0.15) is 28.9 Å². The number of ketones is 1. The van der Waals surface area contributed by atoms with Crippen LogP contribution in [-0.2, 0) is 4.79 Å². The van der Waals surface area contributed by atoms with Crippen molar-refractivity contribution < 1.29 is 19.1 Å². The lowest BCUT2D eigenvalue weighted by Gasteiger charge is -2.37. The first-order valence-electron chi connectivity index (χ1n) is 9.99. The first kappa shape index (κ1) is 21.0. The van der Waals surface area contributed by atoms with Crippen LogP contribution < -0.4 is 14.4 Å². The number of hydrogen-bond acceptors (Lipinski definition) is 5. The van der Waals surface area contributed by atoms with Gasteiger partial charge in [0.05, 0.1) is 18.8 Å². The summed E-state index contributed by atoms with van der Waals surface area (Å²) < 4.78 is 11.2. The van der Waals surface area contributed by atoms with Crippen molar-refractivity contribution in [2.75, 3.05) is 24.4 Å². The van der Waals surface area contributed by atoms with Crippen molar-refractivity contribution in [1.82, 2.24) is 0 Å². The van der Waals surface area contributed by atoms with E-state index in [0.717, 1.165) is 21.9 Å². The molecule has 158 valence electrons. The van der Waals surface area contributed by atoms with E-state index in [1.807, 2.05) is 59.5 Å². The molecule has 6 heteroatoms. The van der Waals surface area contributed by atoms with E-state index in [1.165, 1.54) is 14.0 Å². The lowest BCUT2D eigenvalue weighted by molar-refractivity contribution is -0.121. The van der Waals surface area contributed by atoms with Gasteiger partial charge in [0.1, 0.15) is 0 Å². The molecule has 1 atom stereocenters. The molecule has 1 heterocycles. The molecule has 0 radical (unpaired) electrons. The molecule has 1 aliphatic heterocycles. The predicted molar refractivity (Wildman–Crippen MR) is 122 cm³/mol. The van der Waals surface area contributed by atoms with Crippen molar-refractivity contribution in [3.63, 3.8) is 0 Å². The SMILES string of the molecule is COc1cc(C(C)=O)ccc1OCC(=O)N1c2ccccc2SC[C@H]1c1ccccc1. The maximum Gasteiger partial charge on any atom is 0.265 e. The van der Waals surface area contributed by atoms with Crippen LogP contribution in [0.4, 0.5) is 5.69 Å². The summed E-state index contributed by atoms with van der Waals surface area (Å²) in [6.45, 7) is 1.35. The van der Waals surface area contributed by atoms with Crippen LogP contribution in [0.5, 0.6) is 11.5 Å². The molecule has 3 aromatic carbocycles. The number of carbonyl (C=O) groups is 2. The molecule has 1 amide bonds. The molecule has 0 spiro atoms. The van der Waals surface area contributed by atoms with Crippen LogP contribution >= 0.6 is 11.8 Å². The van der Waals surface area contributed by atoms with Gasteiger partial charge in [-0.2, -0.15) is 0 Å². The summed E-state index contributed by atoms with van der Waals surface area (Å²) in [6.07, 6.45) is 0. The normalized spacial score (nSPS) is 15.2. The highest BCUT2D eigenvalue weighted by atomic mass is 32.2. The Balaban J connectivity index is 1.60. The molecule has 0 aliphatic carbocycles. The first-order valence-corrected chi connectivity index (χ1v) is 11.0. The number of fused-ring (bicyclic) bond motifs is 1. The van der Waals surface area contributed by atoms with Gasteiger partial charge in [-0.15, -0.1) is 11.8 Å². The average Bonchev–Trinajstić information content (AvgIpc) is 2.82. The fourth-order valence-corrected chi connectivity index (χ4v) is 4.80. The van der Waals surface area contributed by atoms with Crippen molar-refractivity contribution in [3.05, 3.63) is 83.9 Å². The van der Waals surface area contributed by atoms with Gasteiger partial charge in [-0.1, -0.05) is 42.5 Å². The van der Waals surface area contributed by atoms with E-state index in [9.17, 15) is 9.59 Å². The minimum Gasteiger partial charge on any atom is -0.493 e. The molecular weight excluding hydrogens is 410 g/mol. The lowest BCUT2D eigenvalue weighted by atomic mass is 10.1. The van der Waals surface area contributed by atoms with Gasteiger partial charge in [-0.05, 0) is 42.8 Å². The number of thioether (sulfide) groups is 1. The van der Waals surface area contributed by atoms with Crippen LogP contribution in [-0.4, -0.2) is 31.2 Å². The lowest BCUT2D eigenvalue weighted by Crippen LogP contribution is -2.41. The molecule has 0 bridgehead atoms. The highest BCUT2D eigenvalue weighted by Gasteiger charge is 2.32. The Morgan fingerprint density at radius 1 is 1.00 bits per heavy atom. The van der Waals surface area contributed by atoms with Gasteiger partial charge < -0.3 is 9.47 Å². The second-order valence-electron chi connectivity index (χ2n) is 7.18. The number of ether oxygens (including phenoxy) is 2. The number of para-hydroxylation sites is 1. The Morgan fingerprint density at radius 2 is 1.74 bits per heavy atom. The van der Waals surface area contributed by atoms with E-state index in [0.29, 0.717) is 17.1 Å². The standard InChI is InChI=1S/C25H23NO4S/c1-17(27)19-12-13-22(23(14-19)29-2)30-15-25(28)26-20-10-6-7-11-24(20)31-16-21(26)18-8-4-3-5-9-18/h3-14,21H,15-16H2,1-2H3/t21-/m0/s1. The van der Waals surface area contributed by atoms with Crippen LogP contribution in [0.2, 0.25) is 0 Å². The summed E-state index contributed by atoms with van der Waals surface area (Å²) in [6, 6.07) is 22.8. The first-order chi connectivity index (χ1) is 15.1. The molecule has 5 nitrogen and oxygen atoms in total. The molecule has 3 aromatic rings. The number of benzene rings is 3. The minimum absolute atomic E-state index is 0.0611. The van der Waals surface area contributed by atoms with Crippen molar-refractivity contribution in [3.8, 4) is 11.5 Å². The van der Waals surface area contributed by atoms with Crippen LogP contribution in [0.3, 0.4) is 0 Å². The smallest absolute Gasteiger partial charge is 0.265 e. The zero-order chi connectivity index (χ0) is 21.8. The Labute approximate surface area is 186 Å². The molecule has 0 saturated heterocycles. The zero-order valence-corrected chi connectivity index (χ0v) is 18.2. The van der Waals surface area contributed by atoms with E-state index in [-0.39, 0.29) is 24.3 Å². The third kappa shape index (κ3) is 4.44. The Kier molecular flexibility index (Phi) is 6.28. The number of rotatable bonds is 6. The molecule has 31 heavy (non-hydrogen) atoms. The number of carbonyl (C=O) groups excluding carboxylic acids is 2. The maximum absolute atomic E-state index is 13.4. The molecule has 0 saturated carbocycles. The maximum atomic E-state index is 13.4. The fourth-order valence-electron chi connectivity index (χ4n) is 3.63. The highest BCUT2D eigenvalue weighted by Crippen LogP contribution is 2.43. The van der Waals surface area contributed by atoms with Gasteiger partial charge in [-0.25, -0.2) is 0 Å². The monoisotopic (exact) mass is 433 g/mol. The van der Waals surface area contributed by atoms with Crippen molar-refractivity contribution >= 4 is 29.1 Å². The Morgan fingerprint density at radius 3 is 2.48 bits per heavy atom. The largest absolute Gasteiger partial charge is 0.493 e. The Hall–Kier alpha value is -3.25. The number of nitrogens with zero attached hydrogens (tertiary/aromatic N) is 1. The van der Waals surface area contributed by atoms with Gasteiger partial charge in [-0.3, -0.25) is 14.5 Å². The summed E-state index contributed by atoms with van der Waals surface area (Å²) in [4.78, 5) is 27.9. The van der Waals surface area contributed by atoms with E-state index in [2.05, 4.69) is 0 Å². The molecule has 1 aliphatic rings. The second kappa shape index (κ2) is 9.27. The number of methoxy groups -OCH3 is 1. The van der Waals surface area contributed by atoms with Crippen LogP contribution in [0.15, 0.2) is 77.7 Å². The van der Waals surface area contributed by atoms with E-state index in [1.54, 1.807) is 30.0 Å². The van der Waals surface area contributed by atoms with Crippen LogP contribution in [0.25, 0.3) is 0 Å². The molecule has 4 rings (SSSR count). The third-order valence-electron chi connectivity index (χ3n) is 5.21. The predicted octanol–water partition coefficient (Wildman–Crippen LogP) is 5.16. The van der Waals surface area contributed by atoms with Crippen molar-refractivity contribution in [1.29, 1.82) is 0 Å². The quantitative estimate of drug-likeness (QED) is 0.503. The summed E-state index contributed by atoms with van der Waals surface area (Å²) in [5, 5.41) is 0. The number of amides is 1. The van der Waals surface area contributed by atoms with Crippen molar-refractivity contribution in [2.24, 2.45) is 0 Å². The molecule has 0 N–H and O–H groups in total. The molecule has 0 unspecified atom stereocenters. The van der Waals surface area contributed by atoms with Crippen LogP contribution in [0, 0.1) is 0 Å². The van der Waals surface area contributed by atoms with Gasteiger partial charge in [0.15, 0.2) is 23.9 Å². The highest BCUT2D eigenvalue weighted by molar-refractivity contribution is 7.99. The molecular formula is C25H23NO4S. The fraction of sp³-hybridized carbons (Fsp3) is 0.200. The summed E-state index contributed by atoms with van der Waals surface area (Å²) >= 11 is 1.75. The molecule has 0 fully saturated rings. The molecule has 0 aromatic heterocycles. The van der Waals surface area contributed by atoms with E-state index < -0.39 is 0 Å². The summed E-state index contributed by atoms with van der Waals surface area (Å²) in [5.74, 6) is 1.42. The van der Waals surface area contributed by atoms with Gasteiger partial charge in [0.2, 0.25) is 0 Å². The average molecular weight is 434 g/mol. The minimum atomic E-state index is -0.141. The van der Waals surface area contributed by atoms with Gasteiger partial charge in [0, 0.05) is 16.2 Å². The third-order valence-corrected chi connectivity index (χ3v) is 6.35. The Bertz CT molecular complexity index is 1100. The second-order valence-corrected chi connectivity index (χ2v) is 8.24. The van der Waals surface area contributed by atoms with Crippen molar-refractivity contribution in [2.45, 2.75) is 17.9 Å².